The van der Waals surface area contributed by atoms with Crippen LogP contribution < -0.4 is 4.72 Å². The van der Waals surface area contributed by atoms with Crippen molar-refractivity contribution in [2.45, 2.75) is 56.5 Å². The number of likely N-dealkylation sites (tertiary alicyclic amines) is 2. The number of fused-ring (bicyclic) bond motifs is 1. The fourth-order valence-electron chi connectivity index (χ4n) is 4.87. The van der Waals surface area contributed by atoms with Crippen LogP contribution in [0.15, 0.2) is 41.3 Å². The molecule has 33 heavy (non-hydrogen) atoms. The number of benzene rings is 2. The highest BCUT2D eigenvalue weighted by molar-refractivity contribution is 7.89. The first kappa shape index (κ1) is 24.0. The number of carbonyl (C=O) groups excluding carboxylic acids is 2. The minimum Gasteiger partial charge on any atom is -0.338 e. The normalized spacial score (nSPS) is 21.9. The second-order valence-electron chi connectivity index (χ2n) is 9.27. The highest BCUT2D eigenvalue weighted by atomic mass is 35.5. The highest BCUT2D eigenvalue weighted by Gasteiger charge is 2.36. The van der Waals surface area contributed by atoms with Crippen LogP contribution in [0.2, 0.25) is 5.02 Å². The Balaban J connectivity index is 1.45. The van der Waals surface area contributed by atoms with Crippen LogP contribution in [0.3, 0.4) is 0 Å². The predicted octanol–water partition coefficient (Wildman–Crippen LogP) is 3.41. The minimum atomic E-state index is -3.91. The Labute approximate surface area is 200 Å². The van der Waals surface area contributed by atoms with Crippen LogP contribution in [0.1, 0.15) is 39.5 Å². The molecule has 2 aliphatic rings. The third-order valence-corrected chi connectivity index (χ3v) is 8.33. The first-order chi connectivity index (χ1) is 15.7. The SMILES string of the molecule is CC(C)C1CCCN1C(=O)CN1CCCC(NS(=O)(=O)c2ccc3cc(Cl)ccc3c2)C1=O. The van der Waals surface area contributed by atoms with E-state index in [9.17, 15) is 18.0 Å². The van der Waals surface area contributed by atoms with Crippen LogP contribution in [0.4, 0.5) is 0 Å². The molecule has 2 aromatic carbocycles. The molecule has 2 aliphatic heterocycles. The van der Waals surface area contributed by atoms with Crippen molar-refractivity contribution in [3.05, 3.63) is 41.4 Å². The lowest BCUT2D eigenvalue weighted by Gasteiger charge is -2.34. The third kappa shape index (κ3) is 5.18. The van der Waals surface area contributed by atoms with Crippen molar-refractivity contribution >= 4 is 44.2 Å². The van der Waals surface area contributed by atoms with E-state index in [2.05, 4.69) is 18.6 Å². The molecule has 7 nitrogen and oxygen atoms in total. The zero-order chi connectivity index (χ0) is 23.8. The number of amides is 2. The van der Waals surface area contributed by atoms with E-state index in [1.54, 1.807) is 30.3 Å². The lowest BCUT2D eigenvalue weighted by Crippen LogP contribution is -2.55. The Kier molecular flexibility index (Phi) is 6.98. The van der Waals surface area contributed by atoms with Gasteiger partial charge in [-0.15, -0.1) is 0 Å². The number of hydrogen-bond acceptors (Lipinski definition) is 4. The van der Waals surface area contributed by atoms with Gasteiger partial charge in [0.25, 0.3) is 0 Å². The van der Waals surface area contributed by atoms with Crippen molar-refractivity contribution < 1.29 is 18.0 Å². The predicted molar refractivity (Wildman–Crippen MR) is 128 cm³/mol. The maximum absolute atomic E-state index is 13.1. The van der Waals surface area contributed by atoms with Gasteiger partial charge in [-0.25, -0.2) is 8.42 Å². The summed E-state index contributed by atoms with van der Waals surface area (Å²) < 4.78 is 28.6. The summed E-state index contributed by atoms with van der Waals surface area (Å²) >= 11 is 6.01. The quantitative estimate of drug-likeness (QED) is 0.670. The van der Waals surface area contributed by atoms with E-state index in [-0.39, 0.29) is 29.3 Å². The zero-order valence-electron chi connectivity index (χ0n) is 19.0. The molecule has 0 spiro atoms. The standard InChI is InChI=1S/C24H30ClN3O4S/c1-16(2)22-6-4-12-28(22)23(29)15-27-11-3-5-21(24(27)30)26-33(31,32)20-10-8-17-13-19(25)9-7-18(17)14-20/h7-10,13-14,16,21-22,26H,3-6,11-12,15H2,1-2H3. The molecular formula is C24H30ClN3O4S. The van der Waals surface area contributed by atoms with E-state index >= 15 is 0 Å². The molecule has 2 fully saturated rings. The van der Waals surface area contributed by atoms with Gasteiger partial charge in [-0.1, -0.05) is 37.6 Å². The molecule has 0 saturated carbocycles. The number of halogens is 1. The fourth-order valence-corrected chi connectivity index (χ4v) is 6.31. The first-order valence-corrected chi connectivity index (χ1v) is 13.3. The summed E-state index contributed by atoms with van der Waals surface area (Å²) in [5.41, 5.74) is 0. The van der Waals surface area contributed by atoms with Gasteiger partial charge in [0.15, 0.2) is 0 Å². The largest absolute Gasteiger partial charge is 0.338 e. The molecule has 0 aliphatic carbocycles. The van der Waals surface area contributed by atoms with Crippen molar-refractivity contribution in [2.24, 2.45) is 5.92 Å². The lowest BCUT2D eigenvalue weighted by atomic mass is 10.0. The van der Waals surface area contributed by atoms with Gasteiger partial charge >= 0.3 is 0 Å². The van der Waals surface area contributed by atoms with Crippen LogP contribution in [0.25, 0.3) is 10.8 Å². The van der Waals surface area contributed by atoms with E-state index in [0.29, 0.717) is 36.9 Å². The number of nitrogens with one attached hydrogen (secondary N) is 1. The molecule has 2 aromatic rings. The Morgan fingerprint density at radius 2 is 1.79 bits per heavy atom. The van der Waals surface area contributed by atoms with E-state index in [1.807, 2.05) is 4.90 Å². The van der Waals surface area contributed by atoms with Gasteiger partial charge in [-0.3, -0.25) is 9.59 Å². The highest BCUT2D eigenvalue weighted by Crippen LogP contribution is 2.25. The number of nitrogens with zero attached hydrogens (tertiary/aromatic N) is 2. The van der Waals surface area contributed by atoms with Crippen LogP contribution in [-0.4, -0.2) is 61.7 Å². The van der Waals surface area contributed by atoms with Crippen molar-refractivity contribution in [3.63, 3.8) is 0 Å². The maximum Gasteiger partial charge on any atom is 0.242 e. The summed E-state index contributed by atoms with van der Waals surface area (Å²) in [7, 11) is -3.91. The number of piperidine rings is 1. The van der Waals surface area contributed by atoms with Crippen LogP contribution in [-0.2, 0) is 19.6 Å². The summed E-state index contributed by atoms with van der Waals surface area (Å²) in [6.07, 6.45) is 3.00. The molecule has 2 atom stereocenters. The maximum atomic E-state index is 13.1. The van der Waals surface area contributed by atoms with Gasteiger partial charge in [0, 0.05) is 24.2 Å². The molecular weight excluding hydrogens is 462 g/mol. The van der Waals surface area contributed by atoms with E-state index in [1.165, 1.54) is 11.0 Å². The van der Waals surface area contributed by atoms with E-state index in [0.717, 1.165) is 23.6 Å². The Morgan fingerprint density at radius 3 is 2.55 bits per heavy atom. The van der Waals surface area contributed by atoms with Crippen molar-refractivity contribution in [3.8, 4) is 0 Å². The average Bonchev–Trinajstić information content (AvgIpc) is 3.26. The number of rotatable bonds is 6. The summed E-state index contributed by atoms with van der Waals surface area (Å²) in [6.45, 7) is 5.38. The molecule has 178 valence electrons. The number of hydrogen-bond donors (Lipinski definition) is 1. The van der Waals surface area contributed by atoms with Crippen LogP contribution in [0, 0.1) is 5.92 Å². The third-order valence-electron chi connectivity index (χ3n) is 6.63. The minimum absolute atomic E-state index is 0.00296. The Morgan fingerprint density at radius 1 is 1.09 bits per heavy atom. The molecule has 2 unspecified atom stereocenters. The van der Waals surface area contributed by atoms with Gasteiger partial charge < -0.3 is 9.80 Å². The molecule has 9 heteroatoms. The zero-order valence-corrected chi connectivity index (χ0v) is 20.5. The topological polar surface area (TPSA) is 86.8 Å². The van der Waals surface area contributed by atoms with Crippen molar-refractivity contribution in [1.29, 1.82) is 0 Å². The number of sulfonamides is 1. The monoisotopic (exact) mass is 491 g/mol. The molecule has 4 rings (SSSR count). The van der Waals surface area contributed by atoms with Gasteiger partial charge in [-0.05, 0) is 66.6 Å². The number of carbonyl (C=O) groups is 2. The molecule has 2 amide bonds. The van der Waals surface area contributed by atoms with E-state index in [4.69, 9.17) is 11.6 Å². The average molecular weight is 492 g/mol. The second-order valence-corrected chi connectivity index (χ2v) is 11.4. The van der Waals surface area contributed by atoms with Gasteiger partial charge in [0.1, 0.15) is 6.04 Å². The van der Waals surface area contributed by atoms with Crippen molar-refractivity contribution in [2.75, 3.05) is 19.6 Å². The van der Waals surface area contributed by atoms with Crippen molar-refractivity contribution in [1.82, 2.24) is 14.5 Å². The first-order valence-electron chi connectivity index (χ1n) is 11.5. The lowest BCUT2D eigenvalue weighted by molar-refractivity contribution is -0.143. The summed E-state index contributed by atoms with van der Waals surface area (Å²) in [6, 6.07) is 9.34. The Bertz CT molecular complexity index is 1170. The smallest absolute Gasteiger partial charge is 0.242 e. The molecule has 0 aromatic heterocycles. The van der Waals surface area contributed by atoms with E-state index < -0.39 is 16.1 Å². The molecule has 0 bridgehead atoms. The molecule has 2 heterocycles. The van der Waals surface area contributed by atoms with Crippen LogP contribution in [0.5, 0.6) is 0 Å². The Hall–Kier alpha value is -2.16. The van der Waals surface area contributed by atoms with Gasteiger partial charge in [-0.2, -0.15) is 4.72 Å². The second kappa shape index (κ2) is 9.60. The van der Waals surface area contributed by atoms with Crippen LogP contribution >= 0.6 is 11.6 Å². The fraction of sp³-hybridized carbons (Fsp3) is 0.500. The van der Waals surface area contributed by atoms with Gasteiger partial charge in [0.05, 0.1) is 11.4 Å². The van der Waals surface area contributed by atoms with Gasteiger partial charge in [0.2, 0.25) is 21.8 Å². The summed E-state index contributed by atoms with van der Waals surface area (Å²) in [4.78, 5) is 29.5. The molecule has 2 saturated heterocycles. The summed E-state index contributed by atoms with van der Waals surface area (Å²) in [5.74, 6) is -0.0340. The molecule has 1 N–H and O–H groups in total. The summed E-state index contributed by atoms with van der Waals surface area (Å²) in [5, 5.41) is 2.16. The molecule has 0 radical (unpaired) electrons.